The van der Waals surface area contributed by atoms with E-state index in [-0.39, 0.29) is 23.0 Å². The lowest BCUT2D eigenvalue weighted by atomic mass is 10.0. The van der Waals surface area contributed by atoms with Gasteiger partial charge >= 0.3 is 12.5 Å². The van der Waals surface area contributed by atoms with Crippen molar-refractivity contribution in [2.75, 3.05) is 13.1 Å². The van der Waals surface area contributed by atoms with Crippen molar-refractivity contribution in [1.29, 1.82) is 0 Å². The second kappa shape index (κ2) is 6.71. The SMILES string of the molecule is FC(F)(F)Oc1cc(-c2cccc(C(F)(F)F)c2)ccc1OC1CNC1. The molecule has 0 spiro atoms. The first-order valence-corrected chi connectivity index (χ1v) is 7.56. The van der Waals surface area contributed by atoms with Crippen molar-refractivity contribution in [3.63, 3.8) is 0 Å². The normalized spacial score (nSPS) is 15.5. The van der Waals surface area contributed by atoms with Crippen LogP contribution in [0.2, 0.25) is 0 Å². The number of rotatable bonds is 4. The van der Waals surface area contributed by atoms with Gasteiger partial charge < -0.3 is 14.8 Å². The van der Waals surface area contributed by atoms with E-state index in [2.05, 4.69) is 10.1 Å². The van der Waals surface area contributed by atoms with Crippen LogP contribution in [0.25, 0.3) is 11.1 Å². The molecule has 0 bridgehead atoms. The maximum absolute atomic E-state index is 12.8. The second-order valence-electron chi connectivity index (χ2n) is 5.69. The molecule has 1 aliphatic heterocycles. The molecule has 0 saturated carbocycles. The fourth-order valence-electron chi connectivity index (χ4n) is 2.39. The first-order chi connectivity index (χ1) is 12.1. The van der Waals surface area contributed by atoms with Crippen LogP contribution >= 0.6 is 0 Å². The summed E-state index contributed by atoms with van der Waals surface area (Å²) in [4.78, 5) is 0. The maximum Gasteiger partial charge on any atom is 0.573 e. The fraction of sp³-hybridized carbons (Fsp3) is 0.294. The van der Waals surface area contributed by atoms with Crippen molar-refractivity contribution < 1.29 is 35.8 Å². The summed E-state index contributed by atoms with van der Waals surface area (Å²) < 4.78 is 86.0. The van der Waals surface area contributed by atoms with Crippen LogP contribution in [-0.4, -0.2) is 25.6 Å². The maximum atomic E-state index is 12.8. The van der Waals surface area contributed by atoms with Crippen LogP contribution < -0.4 is 14.8 Å². The Labute approximate surface area is 144 Å². The van der Waals surface area contributed by atoms with Gasteiger partial charge in [-0.1, -0.05) is 18.2 Å². The Hall–Kier alpha value is -2.42. The lowest BCUT2D eigenvalue weighted by Crippen LogP contribution is -2.50. The van der Waals surface area contributed by atoms with E-state index in [1.54, 1.807) is 0 Å². The van der Waals surface area contributed by atoms with Crippen molar-refractivity contribution >= 4 is 0 Å². The molecule has 1 fully saturated rings. The molecule has 26 heavy (non-hydrogen) atoms. The lowest BCUT2D eigenvalue weighted by Gasteiger charge is -2.28. The molecule has 0 radical (unpaired) electrons. The Bertz CT molecular complexity index is 784. The van der Waals surface area contributed by atoms with Crippen molar-refractivity contribution in [2.24, 2.45) is 0 Å². The number of hydrogen-bond donors (Lipinski definition) is 1. The molecule has 1 saturated heterocycles. The van der Waals surface area contributed by atoms with Crippen LogP contribution in [0.15, 0.2) is 42.5 Å². The molecule has 1 aliphatic rings. The molecule has 0 atom stereocenters. The van der Waals surface area contributed by atoms with Gasteiger partial charge in [0.1, 0.15) is 6.10 Å². The average molecular weight is 377 g/mol. The van der Waals surface area contributed by atoms with Gasteiger partial charge in [-0.25, -0.2) is 0 Å². The van der Waals surface area contributed by atoms with Gasteiger partial charge in [0.15, 0.2) is 11.5 Å². The van der Waals surface area contributed by atoms with Crippen molar-refractivity contribution in [2.45, 2.75) is 18.6 Å². The minimum Gasteiger partial charge on any atom is -0.484 e. The first kappa shape index (κ1) is 18.4. The van der Waals surface area contributed by atoms with Gasteiger partial charge in [-0.3, -0.25) is 0 Å². The van der Waals surface area contributed by atoms with Crippen LogP contribution in [0.5, 0.6) is 11.5 Å². The zero-order valence-electron chi connectivity index (χ0n) is 13.1. The molecular formula is C17H13F6NO2. The van der Waals surface area contributed by atoms with E-state index in [4.69, 9.17) is 4.74 Å². The molecule has 0 aliphatic carbocycles. The second-order valence-corrected chi connectivity index (χ2v) is 5.69. The third-order valence-electron chi connectivity index (χ3n) is 3.73. The Morgan fingerprint density at radius 2 is 1.54 bits per heavy atom. The summed E-state index contributed by atoms with van der Waals surface area (Å²) in [7, 11) is 0. The molecule has 2 aromatic carbocycles. The van der Waals surface area contributed by atoms with Gasteiger partial charge in [-0.2, -0.15) is 13.2 Å². The molecule has 3 nitrogen and oxygen atoms in total. The predicted octanol–water partition coefficient (Wildman–Crippen LogP) is 4.62. The average Bonchev–Trinajstić information content (AvgIpc) is 2.49. The summed E-state index contributed by atoms with van der Waals surface area (Å²) in [6.07, 6.45) is -9.80. The number of nitrogens with one attached hydrogen (secondary N) is 1. The van der Waals surface area contributed by atoms with Crippen molar-refractivity contribution in [3.05, 3.63) is 48.0 Å². The summed E-state index contributed by atoms with van der Waals surface area (Å²) in [6, 6.07) is 7.98. The van der Waals surface area contributed by atoms with Crippen LogP contribution in [0.4, 0.5) is 26.3 Å². The summed E-state index contributed by atoms with van der Waals surface area (Å²) in [5, 5.41) is 2.91. The molecule has 3 rings (SSSR count). The van der Waals surface area contributed by atoms with Crippen molar-refractivity contribution in [1.82, 2.24) is 5.32 Å². The van der Waals surface area contributed by atoms with Gasteiger partial charge in [0.2, 0.25) is 0 Å². The molecule has 140 valence electrons. The van der Waals surface area contributed by atoms with E-state index in [0.717, 1.165) is 18.2 Å². The first-order valence-electron chi connectivity index (χ1n) is 7.56. The monoisotopic (exact) mass is 377 g/mol. The summed E-state index contributed by atoms with van der Waals surface area (Å²) >= 11 is 0. The summed E-state index contributed by atoms with van der Waals surface area (Å²) in [5.41, 5.74) is -0.632. The van der Waals surface area contributed by atoms with Crippen molar-refractivity contribution in [3.8, 4) is 22.6 Å². The van der Waals surface area contributed by atoms with Gasteiger partial charge in [0.05, 0.1) is 5.56 Å². The predicted molar refractivity (Wildman–Crippen MR) is 80.8 cm³/mol. The van der Waals surface area contributed by atoms with E-state index in [0.29, 0.717) is 13.1 Å². The lowest BCUT2D eigenvalue weighted by molar-refractivity contribution is -0.275. The van der Waals surface area contributed by atoms with Gasteiger partial charge in [-0.15, -0.1) is 13.2 Å². The van der Waals surface area contributed by atoms with Crippen LogP contribution in [0.3, 0.4) is 0 Å². The number of halogens is 6. The molecular weight excluding hydrogens is 364 g/mol. The minimum atomic E-state index is -4.96. The molecule has 1 heterocycles. The molecule has 0 amide bonds. The quantitative estimate of drug-likeness (QED) is 0.789. The highest BCUT2D eigenvalue weighted by atomic mass is 19.4. The molecule has 2 aromatic rings. The summed E-state index contributed by atoms with van der Waals surface area (Å²) in [6.45, 7) is 0.974. The Kier molecular flexibility index (Phi) is 4.74. The zero-order chi connectivity index (χ0) is 18.9. The highest BCUT2D eigenvalue weighted by molar-refractivity contribution is 5.68. The Balaban J connectivity index is 1.96. The summed E-state index contributed by atoms with van der Waals surface area (Å²) in [5.74, 6) is -0.719. The largest absolute Gasteiger partial charge is 0.573 e. The fourth-order valence-corrected chi connectivity index (χ4v) is 2.39. The third-order valence-corrected chi connectivity index (χ3v) is 3.73. The highest BCUT2D eigenvalue weighted by Crippen LogP contribution is 2.38. The number of ether oxygens (including phenoxy) is 2. The molecule has 1 N–H and O–H groups in total. The Morgan fingerprint density at radius 1 is 0.846 bits per heavy atom. The number of benzene rings is 2. The Morgan fingerprint density at radius 3 is 2.12 bits per heavy atom. The smallest absolute Gasteiger partial charge is 0.484 e. The third kappa shape index (κ3) is 4.40. The number of alkyl halides is 6. The van der Waals surface area contributed by atoms with Crippen LogP contribution in [-0.2, 0) is 6.18 Å². The highest BCUT2D eigenvalue weighted by Gasteiger charge is 2.34. The van der Waals surface area contributed by atoms with E-state index >= 15 is 0 Å². The van der Waals surface area contributed by atoms with E-state index in [9.17, 15) is 26.3 Å². The zero-order valence-corrected chi connectivity index (χ0v) is 13.1. The standard InChI is InChI=1S/C17H13F6NO2/c18-16(19,20)12-3-1-2-10(6-12)11-4-5-14(25-13-8-24-9-13)15(7-11)26-17(21,22)23/h1-7,13,24H,8-9H2. The van der Waals surface area contributed by atoms with Gasteiger partial charge in [0.25, 0.3) is 0 Å². The molecule has 9 heteroatoms. The van der Waals surface area contributed by atoms with Gasteiger partial charge in [-0.05, 0) is 35.4 Å². The van der Waals surface area contributed by atoms with E-state index < -0.39 is 23.9 Å². The van der Waals surface area contributed by atoms with E-state index in [1.165, 1.54) is 24.3 Å². The molecule has 0 aromatic heterocycles. The van der Waals surface area contributed by atoms with Crippen LogP contribution in [0, 0.1) is 0 Å². The van der Waals surface area contributed by atoms with E-state index in [1.807, 2.05) is 0 Å². The topological polar surface area (TPSA) is 30.5 Å². The minimum absolute atomic E-state index is 0.115. The number of hydrogen-bond acceptors (Lipinski definition) is 3. The van der Waals surface area contributed by atoms with Crippen LogP contribution in [0.1, 0.15) is 5.56 Å². The van der Waals surface area contributed by atoms with Gasteiger partial charge in [0, 0.05) is 13.1 Å². The molecule has 0 unspecified atom stereocenters.